The second-order valence-corrected chi connectivity index (χ2v) is 5.11. The SMILES string of the molecule is O=C(NCc1cn[nH]c1)c1cnc2n(c1=O)CCS2. The van der Waals surface area contributed by atoms with Gasteiger partial charge in [-0.05, 0) is 0 Å². The molecular weight excluding hydrogens is 266 g/mol. The van der Waals surface area contributed by atoms with E-state index in [4.69, 9.17) is 0 Å². The summed E-state index contributed by atoms with van der Waals surface area (Å²) in [7, 11) is 0. The number of fused-ring (bicyclic) bond motifs is 1. The van der Waals surface area contributed by atoms with Gasteiger partial charge in [-0.15, -0.1) is 0 Å². The number of hydrogen-bond donors (Lipinski definition) is 2. The Morgan fingerprint density at radius 3 is 3.21 bits per heavy atom. The van der Waals surface area contributed by atoms with Gasteiger partial charge in [-0.1, -0.05) is 11.8 Å². The second kappa shape index (κ2) is 4.88. The number of rotatable bonds is 3. The topological polar surface area (TPSA) is 92.7 Å². The van der Waals surface area contributed by atoms with E-state index in [1.807, 2.05) is 0 Å². The first kappa shape index (κ1) is 12.0. The van der Waals surface area contributed by atoms with Crippen LogP contribution in [0.2, 0.25) is 0 Å². The Morgan fingerprint density at radius 2 is 2.42 bits per heavy atom. The molecule has 8 heteroatoms. The van der Waals surface area contributed by atoms with E-state index in [1.54, 1.807) is 12.4 Å². The molecular formula is C11H11N5O2S. The van der Waals surface area contributed by atoms with E-state index in [2.05, 4.69) is 20.5 Å². The lowest BCUT2D eigenvalue weighted by Gasteiger charge is -2.05. The number of aromatic nitrogens is 4. The van der Waals surface area contributed by atoms with E-state index in [0.717, 1.165) is 11.3 Å². The Morgan fingerprint density at radius 1 is 1.53 bits per heavy atom. The van der Waals surface area contributed by atoms with Gasteiger partial charge in [-0.2, -0.15) is 5.10 Å². The molecule has 0 unspecified atom stereocenters. The van der Waals surface area contributed by atoms with E-state index in [0.29, 0.717) is 18.2 Å². The third-order valence-electron chi connectivity index (χ3n) is 2.81. The number of thioether (sulfide) groups is 1. The smallest absolute Gasteiger partial charge is 0.267 e. The number of amides is 1. The minimum Gasteiger partial charge on any atom is -0.348 e. The minimum absolute atomic E-state index is 0.0785. The average Bonchev–Trinajstić information content (AvgIpc) is 3.07. The zero-order chi connectivity index (χ0) is 13.2. The molecule has 0 bridgehead atoms. The van der Waals surface area contributed by atoms with Crippen molar-refractivity contribution in [2.45, 2.75) is 18.2 Å². The molecule has 0 radical (unpaired) electrons. The summed E-state index contributed by atoms with van der Waals surface area (Å²) in [6.07, 6.45) is 4.65. The van der Waals surface area contributed by atoms with Crippen LogP contribution in [0.3, 0.4) is 0 Å². The summed E-state index contributed by atoms with van der Waals surface area (Å²) >= 11 is 1.52. The molecule has 7 nitrogen and oxygen atoms in total. The van der Waals surface area contributed by atoms with Gasteiger partial charge in [0.2, 0.25) is 0 Å². The van der Waals surface area contributed by atoms with Gasteiger partial charge in [-0.25, -0.2) is 4.98 Å². The van der Waals surface area contributed by atoms with Crippen LogP contribution in [0.5, 0.6) is 0 Å². The van der Waals surface area contributed by atoms with Crippen LogP contribution in [0.25, 0.3) is 0 Å². The molecule has 98 valence electrons. The first-order chi connectivity index (χ1) is 9.25. The highest BCUT2D eigenvalue weighted by atomic mass is 32.2. The predicted octanol–water partition coefficient (Wildman–Crippen LogP) is 0.00210. The first-order valence-electron chi connectivity index (χ1n) is 5.74. The lowest BCUT2D eigenvalue weighted by molar-refractivity contribution is 0.0948. The van der Waals surface area contributed by atoms with Crippen LogP contribution in [-0.2, 0) is 13.1 Å². The van der Waals surface area contributed by atoms with Crippen molar-refractivity contribution in [3.63, 3.8) is 0 Å². The van der Waals surface area contributed by atoms with Crippen LogP contribution in [0.1, 0.15) is 15.9 Å². The second-order valence-electron chi connectivity index (χ2n) is 4.05. The van der Waals surface area contributed by atoms with Gasteiger partial charge in [0.05, 0.1) is 6.20 Å². The van der Waals surface area contributed by atoms with E-state index in [9.17, 15) is 9.59 Å². The molecule has 0 spiro atoms. The van der Waals surface area contributed by atoms with Crippen LogP contribution in [0.15, 0.2) is 28.5 Å². The van der Waals surface area contributed by atoms with Crippen LogP contribution >= 0.6 is 11.8 Å². The van der Waals surface area contributed by atoms with Crippen LogP contribution < -0.4 is 10.9 Å². The fourth-order valence-corrected chi connectivity index (χ4v) is 2.74. The predicted molar refractivity (Wildman–Crippen MR) is 69.0 cm³/mol. The highest BCUT2D eigenvalue weighted by molar-refractivity contribution is 7.99. The fraction of sp³-hybridized carbons (Fsp3) is 0.273. The zero-order valence-corrected chi connectivity index (χ0v) is 10.7. The number of carbonyl (C=O) groups excluding carboxylic acids is 1. The summed E-state index contributed by atoms with van der Waals surface area (Å²) in [5.41, 5.74) is 0.646. The number of nitrogens with zero attached hydrogens (tertiary/aromatic N) is 3. The molecule has 0 saturated heterocycles. The van der Waals surface area contributed by atoms with Crippen molar-refractivity contribution < 1.29 is 4.79 Å². The van der Waals surface area contributed by atoms with Gasteiger partial charge >= 0.3 is 0 Å². The molecule has 0 fully saturated rings. The van der Waals surface area contributed by atoms with Gasteiger partial charge in [0.1, 0.15) is 5.56 Å². The quantitative estimate of drug-likeness (QED) is 0.770. The van der Waals surface area contributed by atoms with E-state index in [-0.39, 0.29) is 11.1 Å². The lowest BCUT2D eigenvalue weighted by Crippen LogP contribution is -2.33. The van der Waals surface area contributed by atoms with Crippen molar-refractivity contribution >= 4 is 17.7 Å². The molecule has 1 amide bonds. The van der Waals surface area contributed by atoms with Crippen LogP contribution in [0.4, 0.5) is 0 Å². The van der Waals surface area contributed by atoms with Crippen molar-refractivity contribution in [3.8, 4) is 0 Å². The molecule has 1 aliphatic heterocycles. The standard InChI is InChI=1S/C11H11N5O2S/c17-9(12-3-7-4-14-15-5-7)8-6-13-11-16(10(8)18)1-2-19-11/h4-6H,1-3H2,(H,12,17)(H,14,15). The fourth-order valence-electron chi connectivity index (χ4n) is 1.83. The number of aromatic amines is 1. The van der Waals surface area contributed by atoms with E-state index < -0.39 is 5.91 Å². The third-order valence-corrected chi connectivity index (χ3v) is 3.78. The summed E-state index contributed by atoms with van der Waals surface area (Å²) in [5, 5.41) is 9.79. The number of H-pyrrole nitrogens is 1. The lowest BCUT2D eigenvalue weighted by atomic mass is 10.3. The first-order valence-corrected chi connectivity index (χ1v) is 6.73. The van der Waals surface area contributed by atoms with Gasteiger partial charge in [0.15, 0.2) is 5.16 Å². The molecule has 19 heavy (non-hydrogen) atoms. The zero-order valence-electron chi connectivity index (χ0n) is 9.92. The van der Waals surface area contributed by atoms with Gasteiger partial charge in [-0.3, -0.25) is 19.3 Å². The molecule has 2 aromatic rings. The van der Waals surface area contributed by atoms with Gasteiger partial charge in [0.25, 0.3) is 11.5 Å². The Bertz CT molecular complexity index is 664. The Labute approximate surface area is 112 Å². The van der Waals surface area contributed by atoms with Gasteiger partial charge < -0.3 is 5.32 Å². The summed E-state index contributed by atoms with van der Waals surface area (Å²) in [5.74, 6) is 0.411. The average molecular weight is 277 g/mol. The summed E-state index contributed by atoms with van der Waals surface area (Å²) in [4.78, 5) is 28.2. The van der Waals surface area contributed by atoms with Crippen LogP contribution in [0, 0.1) is 0 Å². The largest absolute Gasteiger partial charge is 0.348 e. The molecule has 3 heterocycles. The highest BCUT2D eigenvalue weighted by Crippen LogP contribution is 2.20. The maximum Gasteiger partial charge on any atom is 0.267 e. The maximum atomic E-state index is 12.1. The van der Waals surface area contributed by atoms with Crippen molar-refractivity contribution in [2.24, 2.45) is 0 Å². The highest BCUT2D eigenvalue weighted by Gasteiger charge is 2.19. The van der Waals surface area contributed by atoms with Crippen molar-refractivity contribution in [2.75, 3.05) is 5.75 Å². The molecule has 2 aromatic heterocycles. The molecule has 0 atom stereocenters. The molecule has 1 aliphatic rings. The van der Waals surface area contributed by atoms with Gasteiger partial charge in [0, 0.05) is 36.8 Å². The minimum atomic E-state index is -0.411. The molecule has 3 rings (SSSR count). The van der Waals surface area contributed by atoms with Crippen molar-refractivity contribution in [1.82, 2.24) is 25.1 Å². The normalized spacial score (nSPS) is 13.3. The summed E-state index contributed by atoms with van der Waals surface area (Å²) in [6.45, 7) is 0.931. The molecule has 0 aromatic carbocycles. The van der Waals surface area contributed by atoms with Crippen molar-refractivity contribution in [3.05, 3.63) is 40.1 Å². The Hall–Kier alpha value is -2.09. The molecule has 0 saturated carbocycles. The monoisotopic (exact) mass is 277 g/mol. The van der Waals surface area contributed by atoms with Crippen LogP contribution in [-0.4, -0.2) is 31.4 Å². The number of hydrogen-bond acceptors (Lipinski definition) is 5. The van der Waals surface area contributed by atoms with E-state index in [1.165, 1.54) is 22.5 Å². The van der Waals surface area contributed by atoms with E-state index >= 15 is 0 Å². The Balaban J connectivity index is 1.79. The summed E-state index contributed by atoms with van der Waals surface area (Å²) < 4.78 is 1.54. The third kappa shape index (κ3) is 2.26. The Kier molecular flexibility index (Phi) is 3.08. The van der Waals surface area contributed by atoms with Crippen molar-refractivity contribution in [1.29, 1.82) is 0 Å². The molecule has 0 aliphatic carbocycles. The number of nitrogens with one attached hydrogen (secondary N) is 2. The number of carbonyl (C=O) groups is 1. The summed E-state index contributed by atoms with van der Waals surface area (Å²) in [6, 6.07) is 0. The molecule has 2 N–H and O–H groups in total. The maximum absolute atomic E-state index is 12.1.